The number of fused-ring (bicyclic) bond motifs is 1. The quantitative estimate of drug-likeness (QED) is 0.334. The number of rotatable bonds is 8. The largest absolute Gasteiger partial charge is 0.496 e. The van der Waals surface area contributed by atoms with E-state index in [1.807, 2.05) is 25.1 Å². The lowest BCUT2D eigenvalue weighted by Gasteiger charge is -2.20. The second-order valence-electron chi connectivity index (χ2n) is 10.2. The van der Waals surface area contributed by atoms with Crippen LogP contribution in [-0.4, -0.2) is 48.5 Å². The molecule has 4 aromatic rings. The maximum Gasteiger partial charge on any atom is 0.278 e. The molecule has 0 unspecified atom stereocenters. The summed E-state index contributed by atoms with van der Waals surface area (Å²) in [6, 6.07) is 10.2. The van der Waals surface area contributed by atoms with Crippen molar-refractivity contribution in [2.45, 2.75) is 47.0 Å². The molecule has 0 fully saturated rings. The number of hydrogen-bond donors (Lipinski definition) is 0. The van der Waals surface area contributed by atoms with E-state index in [9.17, 15) is 4.79 Å². The van der Waals surface area contributed by atoms with Gasteiger partial charge >= 0.3 is 0 Å². The average Bonchev–Trinajstić information content (AvgIpc) is 3.47. The van der Waals surface area contributed by atoms with Gasteiger partial charge in [0.2, 0.25) is 0 Å². The van der Waals surface area contributed by atoms with E-state index < -0.39 is 0 Å². The predicted octanol–water partition coefficient (Wildman–Crippen LogP) is 4.76. The Balaban J connectivity index is 1.98. The highest BCUT2D eigenvalue weighted by atomic mass is 32.1. The van der Waals surface area contributed by atoms with Gasteiger partial charge in [-0.2, -0.15) is 9.61 Å². The number of ether oxygens (including phenoxy) is 2. The smallest absolute Gasteiger partial charge is 0.278 e. The Labute approximate surface area is 222 Å². The molecule has 1 aromatic carbocycles. The van der Waals surface area contributed by atoms with E-state index in [2.05, 4.69) is 50.8 Å². The first kappa shape index (κ1) is 26.8. The van der Waals surface area contributed by atoms with Crippen LogP contribution < -0.4 is 20.4 Å². The lowest BCUT2D eigenvalue weighted by atomic mass is 9.91. The monoisotopic (exact) mass is 520 g/mol. The van der Waals surface area contributed by atoms with E-state index in [4.69, 9.17) is 19.6 Å². The molecule has 37 heavy (non-hydrogen) atoms. The standard InChI is InChI=1S/C29H36N4O3S/c1-9-32(14-15-35-7)24-13-11-20(37-24)17-22-26(29(4,5)6)31-33-27(22)30-25(19(3)28(33)34)21-16-18(2)10-12-23(21)36-8/h10-13,16-17H,9,14-15H2,1-8H3/b22-17-. The van der Waals surface area contributed by atoms with Crippen LogP contribution in [0.4, 0.5) is 5.00 Å². The van der Waals surface area contributed by atoms with Gasteiger partial charge in [0.1, 0.15) is 5.75 Å². The molecule has 8 heteroatoms. The molecular weight excluding hydrogens is 484 g/mol. The summed E-state index contributed by atoms with van der Waals surface area (Å²) in [5, 5.41) is 6.84. The molecule has 0 radical (unpaired) electrons. The molecule has 0 N–H and O–H groups in total. The zero-order chi connectivity index (χ0) is 26.9. The Morgan fingerprint density at radius 1 is 1.14 bits per heavy atom. The summed E-state index contributed by atoms with van der Waals surface area (Å²) in [7, 11) is 3.36. The molecule has 4 rings (SSSR count). The average molecular weight is 521 g/mol. The predicted molar refractivity (Wildman–Crippen MR) is 152 cm³/mol. The number of benzene rings is 1. The summed E-state index contributed by atoms with van der Waals surface area (Å²) in [6.07, 6.45) is 2.11. The Morgan fingerprint density at radius 2 is 1.89 bits per heavy atom. The first-order valence-corrected chi connectivity index (χ1v) is 13.3. The molecule has 0 spiro atoms. The van der Waals surface area contributed by atoms with Gasteiger partial charge in [0, 0.05) is 46.8 Å². The number of methoxy groups -OCH3 is 2. The highest BCUT2D eigenvalue weighted by molar-refractivity contribution is 7.16. The molecule has 0 saturated carbocycles. The van der Waals surface area contributed by atoms with E-state index in [0.717, 1.165) is 40.0 Å². The van der Waals surface area contributed by atoms with Crippen LogP contribution in [0.3, 0.4) is 0 Å². The third-order valence-electron chi connectivity index (χ3n) is 6.46. The summed E-state index contributed by atoms with van der Waals surface area (Å²) < 4.78 is 12.4. The van der Waals surface area contributed by atoms with Crippen LogP contribution in [0.2, 0.25) is 0 Å². The van der Waals surface area contributed by atoms with Gasteiger partial charge in [-0.05, 0) is 51.1 Å². The lowest BCUT2D eigenvalue weighted by molar-refractivity contribution is 0.205. The van der Waals surface area contributed by atoms with Gasteiger partial charge < -0.3 is 14.4 Å². The molecule has 0 aliphatic heterocycles. The topological polar surface area (TPSA) is 69.0 Å². The number of thiophene rings is 1. The Kier molecular flexibility index (Phi) is 7.71. The van der Waals surface area contributed by atoms with Crippen LogP contribution in [0.15, 0.2) is 35.1 Å². The molecule has 7 nitrogen and oxygen atoms in total. The molecular formula is C29H36N4O3S. The zero-order valence-corrected chi connectivity index (χ0v) is 23.8. The van der Waals surface area contributed by atoms with Crippen molar-refractivity contribution >= 4 is 28.1 Å². The van der Waals surface area contributed by atoms with Crippen molar-refractivity contribution in [3.05, 3.63) is 67.6 Å². The number of aromatic nitrogens is 3. The third kappa shape index (κ3) is 5.26. The molecule has 0 aliphatic rings. The minimum absolute atomic E-state index is 0.169. The highest BCUT2D eigenvalue weighted by Gasteiger charge is 2.25. The fourth-order valence-corrected chi connectivity index (χ4v) is 5.47. The Morgan fingerprint density at radius 3 is 2.54 bits per heavy atom. The second kappa shape index (κ2) is 10.6. The molecule has 3 aromatic heterocycles. The van der Waals surface area contributed by atoms with Gasteiger partial charge in [-0.1, -0.05) is 32.4 Å². The fraction of sp³-hybridized carbons (Fsp3) is 0.414. The maximum atomic E-state index is 13.6. The molecule has 0 amide bonds. The van der Waals surface area contributed by atoms with Gasteiger partial charge in [0.15, 0.2) is 5.65 Å². The number of hydrogen-bond acceptors (Lipinski definition) is 7. The first-order chi connectivity index (χ1) is 17.6. The molecule has 0 saturated heterocycles. The van der Waals surface area contributed by atoms with Gasteiger partial charge in [-0.15, -0.1) is 11.3 Å². The number of aryl methyl sites for hydroxylation is 1. The highest BCUT2D eigenvalue weighted by Crippen LogP contribution is 2.31. The van der Waals surface area contributed by atoms with Crippen LogP contribution >= 0.6 is 11.3 Å². The summed E-state index contributed by atoms with van der Waals surface area (Å²) in [5.41, 5.74) is 3.98. The van der Waals surface area contributed by atoms with E-state index in [1.165, 1.54) is 9.52 Å². The van der Waals surface area contributed by atoms with Crippen LogP contribution in [0.5, 0.6) is 5.75 Å². The summed E-state index contributed by atoms with van der Waals surface area (Å²) in [4.78, 5) is 22.0. The number of anilines is 1. The van der Waals surface area contributed by atoms with Crippen LogP contribution in [-0.2, 0) is 10.2 Å². The van der Waals surface area contributed by atoms with E-state index >= 15 is 0 Å². The van der Waals surface area contributed by atoms with Crippen molar-refractivity contribution in [1.82, 2.24) is 14.6 Å². The van der Waals surface area contributed by atoms with Crippen LogP contribution in [0.1, 0.15) is 49.4 Å². The minimum atomic E-state index is -0.283. The first-order valence-electron chi connectivity index (χ1n) is 12.5. The van der Waals surface area contributed by atoms with Gasteiger partial charge in [-0.3, -0.25) is 4.79 Å². The SMILES string of the molecule is CCN(CCOC)c1ccc(/C=c2/c(C(C)(C)C)nn3c(=O)c(C)c(-c4cc(C)ccc4OC)nc23)s1. The second-order valence-corrected chi connectivity index (χ2v) is 11.3. The van der Waals surface area contributed by atoms with Crippen LogP contribution in [0, 0.1) is 13.8 Å². The Bertz CT molecular complexity index is 1530. The summed E-state index contributed by atoms with van der Waals surface area (Å²) in [6.45, 7) is 14.7. The number of likely N-dealkylation sites (N-methyl/N-ethyl adjacent to an activating group) is 1. The third-order valence-corrected chi connectivity index (χ3v) is 7.55. The Hall–Kier alpha value is -3.23. The molecule has 196 valence electrons. The maximum absolute atomic E-state index is 13.6. The van der Waals surface area contributed by atoms with Crippen molar-refractivity contribution < 1.29 is 9.47 Å². The summed E-state index contributed by atoms with van der Waals surface area (Å²) in [5.74, 6) is 0.685. The van der Waals surface area contributed by atoms with Crippen molar-refractivity contribution in [3.63, 3.8) is 0 Å². The van der Waals surface area contributed by atoms with Gasteiger partial charge in [-0.25, -0.2) is 4.98 Å². The molecule has 3 heterocycles. The van der Waals surface area contributed by atoms with Crippen molar-refractivity contribution in [1.29, 1.82) is 0 Å². The normalized spacial score (nSPS) is 12.5. The zero-order valence-electron chi connectivity index (χ0n) is 23.0. The minimum Gasteiger partial charge on any atom is -0.496 e. The number of nitrogens with zero attached hydrogens (tertiary/aromatic N) is 4. The van der Waals surface area contributed by atoms with E-state index in [1.54, 1.807) is 32.5 Å². The lowest BCUT2D eigenvalue weighted by Crippen LogP contribution is -2.25. The molecule has 0 aliphatic carbocycles. The van der Waals surface area contributed by atoms with E-state index in [-0.39, 0.29) is 11.0 Å². The van der Waals surface area contributed by atoms with Crippen molar-refractivity contribution in [3.8, 4) is 17.0 Å². The van der Waals surface area contributed by atoms with Crippen molar-refractivity contribution in [2.24, 2.45) is 0 Å². The van der Waals surface area contributed by atoms with Crippen LogP contribution in [0.25, 0.3) is 23.0 Å². The fourth-order valence-electron chi connectivity index (χ4n) is 4.43. The molecule has 0 bridgehead atoms. The van der Waals surface area contributed by atoms with E-state index in [0.29, 0.717) is 29.3 Å². The van der Waals surface area contributed by atoms with Gasteiger partial charge in [0.05, 0.1) is 30.1 Å². The summed E-state index contributed by atoms with van der Waals surface area (Å²) >= 11 is 1.71. The molecule has 0 atom stereocenters. The van der Waals surface area contributed by atoms with Crippen molar-refractivity contribution in [2.75, 3.05) is 38.8 Å². The van der Waals surface area contributed by atoms with Gasteiger partial charge in [0.25, 0.3) is 5.56 Å².